The molecule has 2 aromatic carbocycles. The first-order valence-corrected chi connectivity index (χ1v) is 7.86. The van der Waals surface area contributed by atoms with Crippen LogP contribution in [0.5, 0.6) is 0 Å². The van der Waals surface area contributed by atoms with E-state index in [2.05, 4.69) is 0 Å². The van der Waals surface area contributed by atoms with Gasteiger partial charge in [0.05, 0.1) is 0 Å². The molecule has 108 valence electrons. The molecule has 7 heteroatoms. The third kappa shape index (κ3) is 4.63. The summed E-state index contributed by atoms with van der Waals surface area (Å²) >= 11 is 23.8. The summed E-state index contributed by atoms with van der Waals surface area (Å²) in [6.45, 7) is 0. The van der Waals surface area contributed by atoms with Gasteiger partial charge in [-0.25, -0.2) is 0 Å². The van der Waals surface area contributed by atoms with E-state index in [9.17, 15) is 9.59 Å². The van der Waals surface area contributed by atoms with Gasteiger partial charge >= 0.3 is 0 Å². The van der Waals surface area contributed by atoms with Crippen molar-refractivity contribution < 1.29 is 9.59 Å². The number of rotatable bonds is 2. The molecular weight excluding hydrogens is 374 g/mol. The highest BCUT2D eigenvalue weighted by Gasteiger charge is 2.16. The Kier molecular flexibility index (Phi) is 5.58. The lowest BCUT2D eigenvalue weighted by atomic mass is 10.2. The number of carbonyl (C=O) groups is 2. The Morgan fingerprint density at radius 2 is 0.905 bits per heavy atom. The van der Waals surface area contributed by atoms with Crippen LogP contribution in [-0.4, -0.2) is 10.2 Å². The molecule has 0 saturated carbocycles. The smallest absolute Gasteiger partial charge is 0.227 e. The lowest BCUT2D eigenvalue weighted by molar-refractivity contribution is 0.106. The summed E-state index contributed by atoms with van der Waals surface area (Å²) in [4.78, 5) is 24.1. The van der Waals surface area contributed by atoms with Gasteiger partial charge in [0.15, 0.2) is 0 Å². The highest BCUT2D eigenvalue weighted by Crippen LogP contribution is 2.26. The van der Waals surface area contributed by atoms with Gasteiger partial charge in [-0.15, -0.1) is 0 Å². The quantitative estimate of drug-likeness (QED) is 0.640. The van der Waals surface area contributed by atoms with Crippen molar-refractivity contribution in [2.24, 2.45) is 0 Å². The second kappa shape index (κ2) is 7.03. The van der Waals surface area contributed by atoms with Gasteiger partial charge in [-0.05, 0) is 48.2 Å². The topological polar surface area (TPSA) is 34.1 Å². The highest BCUT2D eigenvalue weighted by atomic mass is 35.5. The Morgan fingerprint density at radius 3 is 1.19 bits per heavy atom. The first-order chi connectivity index (χ1) is 9.85. The lowest BCUT2D eigenvalue weighted by Crippen LogP contribution is -2.01. The van der Waals surface area contributed by atoms with Crippen LogP contribution in [0.2, 0.25) is 20.1 Å². The number of benzene rings is 2. The van der Waals surface area contributed by atoms with Gasteiger partial charge in [-0.1, -0.05) is 46.4 Å². The third-order valence-electron chi connectivity index (χ3n) is 2.38. The van der Waals surface area contributed by atoms with Crippen LogP contribution in [0.3, 0.4) is 0 Å². The summed E-state index contributed by atoms with van der Waals surface area (Å²) in [5.41, 5.74) is 0.498. The van der Waals surface area contributed by atoms with Crippen molar-refractivity contribution in [3.63, 3.8) is 0 Å². The van der Waals surface area contributed by atoms with Crippen LogP contribution >= 0.6 is 58.2 Å². The van der Waals surface area contributed by atoms with Crippen LogP contribution in [0, 0.1) is 0 Å². The predicted molar refractivity (Wildman–Crippen MR) is 89.2 cm³/mol. The van der Waals surface area contributed by atoms with Crippen LogP contribution in [0.4, 0.5) is 0 Å². The molecule has 0 aliphatic carbocycles. The first kappa shape index (κ1) is 16.7. The molecule has 0 radical (unpaired) electrons. The van der Waals surface area contributed by atoms with Crippen molar-refractivity contribution in [2.75, 3.05) is 0 Å². The molecule has 2 aromatic rings. The molecule has 2 rings (SSSR count). The van der Waals surface area contributed by atoms with Gasteiger partial charge in [0.25, 0.3) is 0 Å². The van der Waals surface area contributed by atoms with E-state index in [-0.39, 0.29) is 11.1 Å². The van der Waals surface area contributed by atoms with E-state index in [0.717, 1.165) is 0 Å². The van der Waals surface area contributed by atoms with Crippen LogP contribution in [0.15, 0.2) is 36.4 Å². The molecule has 0 atom stereocenters. The molecule has 0 spiro atoms. The van der Waals surface area contributed by atoms with Crippen LogP contribution in [0.25, 0.3) is 0 Å². The molecule has 0 aliphatic rings. The zero-order valence-corrected chi connectivity index (χ0v) is 14.0. The number of hydrogen-bond donors (Lipinski definition) is 0. The summed E-state index contributed by atoms with van der Waals surface area (Å²) < 4.78 is 0. The van der Waals surface area contributed by atoms with E-state index in [4.69, 9.17) is 46.4 Å². The lowest BCUT2D eigenvalue weighted by Gasteiger charge is -2.03. The maximum absolute atomic E-state index is 12.1. The molecule has 0 unspecified atom stereocenters. The molecular formula is C14H6Cl4O2S. The summed E-state index contributed by atoms with van der Waals surface area (Å²) in [5.74, 6) is 0. The molecule has 0 fully saturated rings. The van der Waals surface area contributed by atoms with Crippen molar-refractivity contribution in [1.29, 1.82) is 0 Å². The maximum Gasteiger partial charge on any atom is 0.227 e. The van der Waals surface area contributed by atoms with Gasteiger partial charge in [-0.3, -0.25) is 9.59 Å². The van der Waals surface area contributed by atoms with E-state index in [1.807, 2.05) is 0 Å². The minimum Gasteiger partial charge on any atom is -0.281 e. The Labute approximate surface area is 145 Å². The van der Waals surface area contributed by atoms with E-state index in [0.29, 0.717) is 31.9 Å². The average molecular weight is 380 g/mol. The number of hydrogen-bond acceptors (Lipinski definition) is 3. The van der Waals surface area contributed by atoms with Crippen molar-refractivity contribution >= 4 is 68.4 Å². The monoisotopic (exact) mass is 378 g/mol. The molecule has 0 N–H and O–H groups in total. The molecule has 0 amide bonds. The minimum absolute atomic E-state index is 0.249. The Morgan fingerprint density at radius 1 is 0.619 bits per heavy atom. The van der Waals surface area contributed by atoms with Gasteiger partial charge in [0.2, 0.25) is 10.2 Å². The fraction of sp³-hybridized carbons (Fsp3) is 0. The Balaban J connectivity index is 2.20. The third-order valence-corrected chi connectivity index (χ3v) is 4.10. The van der Waals surface area contributed by atoms with Gasteiger partial charge < -0.3 is 0 Å². The molecule has 0 bridgehead atoms. The Hall–Kier alpha value is -0.710. The van der Waals surface area contributed by atoms with E-state index in [1.165, 1.54) is 36.4 Å². The van der Waals surface area contributed by atoms with Gasteiger partial charge in [0, 0.05) is 31.2 Å². The van der Waals surface area contributed by atoms with Crippen LogP contribution in [-0.2, 0) is 0 Å². The molecule has 0 heterocycles. The molecule has 21 heavy (non-hydrogen) atoms. The number of halogens is 4. The summed E-state index contributed by atoms with van der Waals surface area (Å²) in [5, 5.41) is 0.379. The van der Waals surface area contributed by atoms with Gasteiger partial charge in [0.1, 0.15) is 0 Å². The van der Waals surface area contributed by atoms with Crippen molar-refractivity contribution in [3.05, 3.63) is 67.6 Å². The highest BCUT2D eigenvalue weighted by molar-refractivity contribution is 8.26. The largest absolute Gasteiger partial charge is 0.281 e. The van der Waals surface area contributed by atoms with Crippen molar-refractivity contribution in [3.8, 4) is 0 Å². The molecule has 2 nitrogen and oxygen atoms in total. The average Bonchev–Trinajstić information content (AvgIpc) is 2.36. The van der Waals surface area contributed by atoms with Crippen molar-refractivity contribution in [2.45, 2.75) is 0 Å². The molecule has 0 aromatic heterocycles. The fourth-order valence-corrected chi connectivity index (χ4v) is 3.24. The van der Waals surface area contributed by atoms with E-state index in [1.54, 1.807) is 0 Å². The second-order valence-corrected chi connectivity index (χ2v) is 6.68. The molecule has 0 saturated heterocycles. The zero-order chi connectivity index (χ0) is 15.6. The fourth-order valence-electron chi connectivity index (χ4n) is 1.55. The van der Waals surface area contributed by atoms with E-state index < -0.39 is 10.2 Å². The second-order valence-electron chi connectivity index (χ2n) is 3.99. The number of thioether (sulfide) groups is 1. The maximum atomic E-state index is 12.1. The standard InChI is InChI=1S/C14H6Cl4O2S/c15-9-1-7(2-10(16)5-9)13(19)21-14(20)8-3-11(17)6-12(18)4-8/h1-6H. The normalized spacial score (nSPS) is 10.5. The first-order valence-electron chi connectivity index (χ1n) is 5.54. The SMILES string of the molecule is O=C(SC(=O)c1cc(Cl)cc(Cl)c1)c1cc(Cl)cc(Cl)c1. The minimum atomic E-state index is -0.458. The number of carbonyl (C=O) groups excluding carboxylic acids is 2. The van der Waals surface area contributed by atoms with Crippen LogP contribution < -0.4 is 0 Å². The van der Waals surface area contributed by atoms with Crippen LogP contribution in [0.1, 0.15) is 20.7 Å². The molecule has 0 aliphatic heterocycles. The predicted octanol–water partition coefficient (Wildman–Crippen LogP) is 6.01. The van der Waals surface area contributed by atoms with Crippen molar-refractivity contribution in [1.82, 2.24) is 0 Å². The summed E-state index contributed by atoms with van der Waals surface area (Å²) in [7, 11) is 0. The van der Waals surface area contributed by atoms with Gasteiger partial charge in [-0.2, -0.15) is 0 Å². The Bertz CT molecular complexity index is 629. The zero-order valence-electron chi connectivity index (χ0n) is 10.2. The summed E-state index contributed by atoms with van der Waals surface area (Å²) in [6.07, 6.45) is 0. The summed E-state index contributed by atoms with van der Waals surface area (Å²) in [6, 6.07) is 8.79. The van der Waals surface area contributed by atoms with E-state index >= 15 is 0 Å².